The number of halogens is 2. The number of imide groups is 2. The van der Waals surface area contributed by atoms with Gasteiger partial charge < -0.3 is 9.84 Å². The Bertz CT molecular complexity index is 1960. The Hall–Kier alpha value is -4.83. The van der Waals surface area contributed by atoms with Crippen LogP contribution in [-0.4, -0.2) is 41.1 Å². The first kappa shape index (κ1) is 31.8. The number of amides is 4. The van der Waals surface area contributed by atoms with E-state index in [4.69, 9.17) is 16.3 Å². The number of phenolic OH excluding ortho intramolecular Hbond substituents is 1. The van der Waals surface area contributed by atoms with Crippen LogP contribution in [-0.2, 0) is 19.2 Å². The quantitative estimate of drug-likeness (QED) is 0.188. The molecule has 1 saturated carbocycles. The van der Waals surface area contributed by atoms with Gasteiger partial charge in [-0.1, -0.05) is 29.3 Å². The minimum atomic E-state index is -1.35. The Morgan fingerprint density at radius 2 is 1.67 bits per heavy atom. The van der Waals surface area contributed by atoms with Crippen LogP contribution >= 0.6 is 11.6 Å². The maximum Gasteiger partial charge on any atom is 0.241 e. The van der Waals surface area contributed by atoms with E-state index in [9.17, 15) is 33.5 Å². The molecule has 246 valence electrons. The van der Waals surface area contributed by atoms with Crippen molar-refractivity contribution in [2.24, 2.45) is 29.1 Å². The van der Waals surface area contributed by atoms with Crippen molar-refractivity contribution in [1.29, 1.82) is 0 Å². The van der Waals surface area contributed by atoms with E-state index >= 15 is 0 Å². The zero-order valence-corrected chi connectivity index (χ0v) is 27.2. The number of anilines is 2. The van der Waals surface area contributed by atoms with Gasteiger partial charge in [0, 0.05) is 11.5 Å². The third-order valence-corrected chi connectivity index (χ3v) is 10.9. The highest BCUT2D eigenvalue weighted by Gasteiger charge is 2.67. The van der Waals surface area contributed by atoms with E-state index in [0.29, 0.717) is 16.8 Å². The van der Waals surface area contributed by atoms with Crippen molar-refractivity contribution in [3.8, 4) is 11.5 Å². The first-order valence-electron chi connectivity index (χ1n) is 15.9. The minimum absolute atomic E-state index is 0.0910. The highest BCUT2D eigenvalue weighted by atomic mass is 35.5. The SMILES string of the molecule is CCOc1cc([C@H]2C3=CC[C@@H]4C(=O)N(c5ccc(C(C)=O)cc5)C(=O)[C@@H]4[C@@H]3C[C@H]3C(=O)N(c4ccc(F)c(Cl)c4)C(=O)[C@@]23C)ccc1O. The largest absolute Gasteiger partial charge is 0.504 e. The lowest BCUT2D eigenvalue weighted by Gasteiger charge is -2.49. The fraction of sp³-hybridized carbons (Fsp3) is 0.324. The molecule has 0 radical (unpaired) electrons. The molecular weight excluding hydrogens is 639 g/mol. The molecule has 2 aliphatic heterocycles. The number of nitrogens with zero attached hydrogens (tertiary/aromatic N) is 2. The highest BCUT2D eigenvalue weighted by Crippen LogP contribution is 2.64. The molecule has 2 saturated heterocycles. The van der Waals surface area contributed by atoms with Crippen LogP contribution in [0.1, 0.15) is 55.5 Å². The van der Waals surface area contributed by atoms with Crippen LogP contribution < -0.4 is 14.5 Å². The molecule has 4 amide bonds. The number of carbonyl (C=O) groups excluding carboxylic acids is 5. The van der Waals surface area contributed by atoms with Crippen molar-refractivity contribution in [2.45, 2.75) is 39.5 Å². The number of carbonyl (C=O) groups is 5. The standard InChI is InChI=1S/C37H32ClFN2O7/c1-4-48-30-15-20(7-14-29(30)43)32-23-11-12-24-31(35(46)40(33(24)44)21-8-5-19(6-9-21)18(2)42)25(23)17-26-34(45)41(36(47)37(26,32)3)22-10-13-28(39)27(38)16-22/h5-11,13-16,24-26,31-32,43H,4,12,17H2,1-3H3/t24-,25+,26-,31-,32-,37+/m0/s1. The molecule has 2 heterocycles. The molecule has 0 spiro atoms. The zero-order valence-electron chi connectivity index (χ0n) is 26.4. The summed E-state index contributed by atoms with van der Waals surface area (Å²) < 4.78 is 19.8. The number of phenols is 1. The number of hydrogen-bond acceptors (Lipinski definition) is 7. The maximum absolute atomic E-state index is 14.6. The predicted octanol–water partition coefficient (Wildman–Crippen LogP) is 6.22. The molecule has 0 bridgehead atoms. The van der Waals surface area contributed by atoms with Crippen LogP contribution in [0.3, 0.4) is 0 Å². The van der Waals surface area contributed by atoms with Crippen molar-refractivity contribution in [1.82, 2.24) is 0 Å². The van der Waals surface area contributed by atoms with Crippen molar-refractivity contribution < 1.29 is 38.2 Å². The molecule has 2 aliphatic carbocycles. The fourth-order valence-electron chi connectivity index (χ4n) is 8.35. The molecule has 9 nitrogen and oxygen atoms in total. The van der Waals surface area contributed by atoms with Crippen molar-refractivity contribution in [3.05, 3.63) is 94.3 Å². The number of hydrogen-bond donors (Lipinski definition) is 1. The number of ketones is 1. The summed E-state index contributed by atoms with van der Waals surface area (Å²) in [5, 5.41) is 10.3. The van der Waals surface area contributed by atoms with Gasteiger partial charge in [-0.05, 0) is 99.7 Å². The van der Waals surface area contributed by atoms with Gasteiger partial charge in [-0.3, -0.25) is 28.9 Å². The number of benzene rings is 3. The summed E-state index contributed by atoms with van der Waals surface area (Å²) in [4.78, 5) is 71.1. The zero-order chi connectivity index (χ0) is 34.2. The van der Waals surface area contributed by atoms with Gasteiger partial charge in [0.15, 0.2) is 17.3 Å². The first-order chi connectivity index (χ1) is 22.9. The Labute approximate surface area is 280 Å². The molecule has 6 atom stereocenters. The Balaban J connectivity index is 1.35. The van der Waals surface area contributed by atoms with E-state index in [2.05, 4.69) is 0 Å². The summed E-state index contributed by atoms with van der Waals surface area (Å²) in [7, 11) is 0. The van der Waals surface area contributed by atoms with E-state index in [0.717, 1.165) is 16.5 Å². The third-order valence-electron chi connectivity index (χ3n) is 10.6. The number of Topliss-reactive ketones (excluding diaryl/α,β-unsaturated/α-hetero) is 1. The van der Waals surface area contributed by atoms with E-state index < -0.39 is 58.5 Å². The molecule has 1 N–H and O–H groups in total. The Morgan fingerprint density at radius 3 is 2.33 bits per heavy atom. The van der Waals surface area contributed by atoms with Gasteiger partial charge >= 0.3 is 0 Å². The van der Waals surface area contributed by atoms with Gasteiger partial charge in [0.1, 0.15) is 5.82 Å². The van der Waals surface area contributed by atoms with E-state index in [-0.39, 0.29) is 53.3 Å². The second kappa shape index (κ2) is 11.4. The number of fused-ring (bicyclic) bond motifs is 4. The number of aromatic hydroxyl groups is 1. The summed E-state index contributed by atoms with van der Waals surface area (Å²) in [6.45, 7) is 5.21. The number of allylic oxidation sites excluding steroid dienone is 2. The molecule has 0 aromatic heterocycles. The average molecular weight is 671 g/mol. The molecule has 0 unspecified atom stereocenters. The molecule has 48 heavy (non-hydrogen) atoms. The first-order valence-corrected chi connectivity index (χ1v) is 16.2. The molecule has 3 fully saturated rings. The predicted molar refractivity (Wildman–Crippen MR) is 174 cm³/mol. The lowest BCUT2D eigenvalue weighted by atomic mass is 9.51. The monoisotopic (exact) mass is 670 g/mol. The second-order valence-corrected chi connectivity index (χ2v) is 13.4. The number of ether oxygens (including phenoxy) is 1. The Morgan fingerprint density at radius 1 is 0.958 bits per heavy atom. The van der Waals surface area contributed by atoms with E-state index in [1.165, 1.54) is 30.0 Å². The smallest absolute Gasteiger partial charge is 0.241 e. The molecule has 7 rings (SSSR count). The van der Waals surface area contributed by atoms with Crippen LogP contribution in [0.5, 0.6) is 11.5 Å². The minimum Gasteiger partial charge on any atom is -0.504 e. The molecule has 3 aromatic rings. The molecule has 11 heteroatoms. The van der Waals surface area contributed by atoms with Crippen LogP contribution in [0.4, 0.5) is 15.8 Å². The van der Waals surface area contributed by atoms with Gasteiger partial charge in [-0.25, -0.2) is 9.29 Å². The summed E-state index contributed by atoms with van der Waals surface area (Å²) in [5.74, 6) is -6.17. The second-order valence-electron chi connectivity index (χ2n) is 13.0. The lowest BCUT2D eigenvalue weighted by Crippen LogP contribution is -2.48. The van der Waals surface area contributed by atoms with Gasteiger partial charge in [0.25, 0.3) is 0 Å². The van der Waals surface area contributed by atoms with Crippen LogP contribution in [0, 0.1) is 34.9 Å². The van der Waals surface area contributed by atoms with Gasteiger partial charge in [0.05, 0.1) is 46.2 Å². The van der Waals surface area contributed by atoms with E-state index in [1.807, 2.05) is 6.08 Å². The lowest BCUT2D eigenvalue weighted by molar-refractivity contribution is -0.131. The summed E-state index contributed by atoms with van der Waals surface area (Å²) in [6, 6.07) is 14.8. The van der Waals surface area contributed by atoms with Crippen LogP contribution in [0.15, 0.2) is 72.3 Å². The van der Waals surface area contributed by atoms with Crippen molar-refractivity contribution in [2.75, 3.05) is 16.4 Å². The summed E-state index contributed by atoms with van der Waals surface area (Å²) in [5.41, 5.74) is 0.958. The van der Waals surface area contributed by atoms with Gasteiger partial charge in [-0.15, -0.1) is 0 Å². The number of rotatable bonds is 6. The molecule has 4 aliphatic rings. The van der Waals surface area contributed by atoms with Crippen LogP contribution in [0.25, 0.3) is 0 Å². The molecular formula is C37H32ClFN2O7. The fourth-order valence-corrected chi connectivity index (χ4v) is 8.52. The van der Waals surface area contributed by atoms with Crippen molar-refractivity contribution in [3.63, 3.8) is 0 Å². The van der Waals surface area contributed by atoms with E-state index in [1.54, 1.807) is 50.2 Å². The average Bonchev–Trinajstić information content (AvgIpc) is 3.43. The summed E-state index contributed by atoms with van der Waals surface area (Å²) in [6.07, 6.45) is 2.30. The molecule has 3 aromatic carbocycles. The van der Waals surface area contributed by atoms with Gasteiger partial charge in [-0.2, -0.15) is 0 Å². The maximum atomic E-state index is 14.6. The highest BCUT2D eigenvalue weighted by molar-refractivity contribution is 6.32. The topological polar surface area (TPSA) is 121 Å². The van der Waals surface area contributed by atoms with Crippen LogP contribution in [0.2, 0.25) is 5.02 Å². The Kier molecular flexibility index (Phi) is 7.54. The van der Waals surface area contributed by atoms with Crippen molar-refractivity contribution >= 4 is 52.4 Å². The normalized spacial score (nSPS) is 27.9. The third kappa shape index (κ3) is 4.52. The summed E-state index contributed by atoms with van der Waals surface area (Å²) >= 11 is 6.08. The van der Waals surface area contributed by atoms with Gasteiger partial charge in [0.2, 0.25) is 23.6 Å².